The maximum atomic E-state index is 6.15. The van der Waals surface area contributed by atoms with Gasteiger partial charge in [0.05, 0.1) is 18.3 Å². The molecule has 0 radical (unpaired) electrons. The molecular formula is C12H22N2OS. The first-order chi connectivity index (χ1) is 7.36. The number of nitrogens with zero attached hydrogens (tertiary/aromatic N) is 1. The normalized spacial score (nSPS) is 16.1. The van der Waals surface area contributed by atoms with Gasteiger partial charge in [0.15, 0.2) is 0 Å². The van der Waals surface area contributed by atoms with Gasteiger partial charge in [-0.05, 0) is 0 Å². The lowest BCUT2D eigenvalue weighted by molar-refractivity contribution is 0.147. The Morgan fingerprint density at radius 2 is 2.12 bits per heavy atom. The molecule has 16 heavy (non-hydrogen) atoms. The molecule has 2 atom stereocenters. The Kier molecular flexibility index (Phi) is 4.47. The molecule has 2 unspecified atom stereocenters. The summed E-state index contributed by atoms with van der Waals surface area (Å²) in [6, 6.07) is -0.0268. The van der Waals surface area contributed by atoms with Crippen molar-refractivity contribution in [3.05, 3.63) is 16.1 Å². The van der Waals surface area contributed by atoms with E-state index < -0.39 is 0 Å². The number of aromatic nitrogens is 1. The standard InChI is InChI=1S/C12H22N2OS/c1-8(6-15-5)10(13)11-14-9(7-16-11)12(2,3)4/h7-8,10H,6,13H2,1-5H3. The molecule has 0 fully saturated rings. The van der Waals surface area contributed by atoms with Crippen LogP contribution in [0.4, 0.5) is 0 Å². The molecule has 0 aromatic carbocycles. The molecule has 1 heterocycles. The van der Waals surface area contributed by atoms with Crippen molar-refractivity contribution in [1.82, 2.24) is 4.98 Å². The Bertz CT molecular complexity index is 330. The monoisotopic (exact) mass is 242 g/mol. The molecule has 3 nitrogen and oxygen atoms in total. The molecule has 0 spiro atoms. The van der Waals surface area contributed by atoms with Crippen LogP contribution in [0.2, 0.25) is 0 Å². The predicted octanol–water partition coefficient (Wildman–Crippen LogP) is 2.72. The Labute approximate surface area is 102 Å². The fraction of sp³-hybridized carbons (Fsp3) is 0.750. The van der Waals surface area contributed by atoms with Crippen LogP contribution in [0.1, 0.15) is 44.4 Å². The van der Waals surface area contributed by atoms with Crippen molar-refractivity contribution in [2.24, 2.45) is 11.7 Å². The highest BCUT2D eigenvalue weighted by Gasteiger charge is 2.22. The maximum absolute atomic E-state index is 6.15. The topological polar surface area (TPSA) is 48.1 Å². The minimum atomic E-state index is -0.0268. The van der Waals surface area contributed by atoms with Gasteiger partial charge in [0.2, 0.25) is 0 Å². The summed E-state index contributed by atoms with van der Waals surface area (Å²) in [6.07, 6.45) is 0. The quantitative estimate of drug-likeness (QED) is 0.883. The van der Waals surface area contributed by atoms with Gasteiger partial charge in [-0.2, -0.15) is 0 Å². The van der Waals surface area contributed by atoms with E-state index in [0.29, 0.717) is 12.5 Å². The lowest BCUT2D eigenvalue weighted by Crippen LogP contribution is -2.23. The van der Waals surface area contributed by atoms with E-state index in [-0.39, 0.29) is 11.5 Å². The number of ether oxygens (including phenoxy) is 1. The maximum Gasteiger partial charge on any atom is 0.110 e. The summed E-state index contributed by atoms with van der Waals surface area (Å²) in [5.74, 6) is 0.295. The molecule has 1 aromatic heterocycles. The second kappa shape index (κ2) is 5.25. The van der Waals surface area contributed by atoms with E-state index in [0.717, 1.165) is 10.7 Å². The number of rotatable bonds is 4. The average Bonchev–Trinajstić information content (AvgIpc) is 2.65. The van der Waals surface area contributed by atoms with Crippen LogP contribution in [0, 0.1) is 5.92 Å². The first-order valence-electron chi connectivity index (χ1n) is 5.56. The minimum absolute atomic E-state index is 0.0268. The van der Waals surface area contributed by atoms with E-state index in [2.05, 4.69) is 38.1 Å². The number of hydrogen-bond donors (Lipinski definition) is 1. The van der Waals surface area contributed by atoms with Gasteiger partial charge >= 0.3 is 0 Å². The molecule has 0 saturated carbocycles. The van der Waals surface area contributed by atoms with E-state index in [1.54, 1.807) is 18.4 Å². The lowest BCUT2D eigenvalue weighted by atomic mass is 9.93. The second-order valence-electron chi connectivity index (χ2n) is 5.28. The van der Waals surface area contributed by atoms with E-state index >= 15 is 0 Å². The van der Waals surface area contributed by atoms with Crippen LogP contribution in [0.15, 0.2) is 5.38 Å². The largest absolute Gasteiger partial charge is 0.384 e. The van der Waals surface area contributed by atoms with Gasteiger partial charge < -0.3 is 10.5 Å². The summed E-state index contributed by atoms with van der Waals surface area (Å²) >= 11 is 1.65. The van der Waals surface area contributed by atoms with Crippen LogP contribution in [-0.4, -0.2) is 18.7 Å². The fourth-order valence-corrected chi connectivity index (χ4v) is 2.57. The van der Waals surface area contributed by atoms with Crippen molar-refractivity contribution < 1.29 is 4.74 Å². The minimum Gasteiger partial charge on any atom is -0.384 e. The van der Waals surface area contributed by atoms with Gasteiger partial charge in [0, 0.05) is 23.8 Å². The third-order valence-corrected chi connectivity index (χ3v) is 3.56. The van der Waals surface area contributed by atoms with Gasteiger partial charge in [-0.25, -0.2) is 4.98 Å². The van der Waals surface area contributed by atoms with Crippen LogP contribution >= 0.6 is 11.3 Å². The van der Waals surface area contributed by atoms with E-state index in [1.165, 1.54) is 0 Å². The number of hydrogen-bond acceptors (Lipinski definition) is 4. The molecular weight excluding hydrogens is 220 g/mol. The first kappa shape index (κ1) is 13.6. The second-order valence-corrected chi connectivity index (χ2v) is 6.17. The van der Waals surface area contributed by atoms with Crippen molar-refractivity contribution in [1.29, 1.82) is 0 Å². The van der Waals surface area contributed by atoms with Crippen LogP contribution in [0.5, 0.6) is 0 Å². The van der Waals surface area contributed by atoms with Gasteiger partial charge in [-0.1, -0.05) is 27.7 Å². The molecule has 2 N–H and O–H groups in total. The molecule has 0 aliphatic heterocycles. The summed E-state index contributed by atoms with van der Waals surface area (Å²) in [7, 11) is 1.70. The molecule has 92 valence electrons. The molecule has 1 aromatic rings. The van der Waals surface area contributed by atoms with Crippen LogP contribution in [0.25, 0.3) is 0 Å². The van der Waals surface area contributed by atoms with Crippen molar-refractivity contribution in [3.63, 3.8) is 0 Å². The number of nitrogens with two attached hydrogens (primary N) is 1. The molecule has 1 rings (SSSR count). The van der Waals surface area contributed by atoms with Crippen molar-refractivity contribution >= 4 is 11.3 Å². The molecule has 0 aliphatic carbocycles. The van der Waals surface area contributed by atoms with Crippen LogP contribution < -0.4 is 5.73 Å². The average molecular weight is 242 g/mol. The van der Waals surface area contributed by atoms with Crippen molar-refractivity contribution in [2.75, 3.05) is 13.7 Å². The van der Waals surface area contributed by atoms with Gasteiger partial charge in [-0.3, -0.25) is 0 Å². The SMILES string of the molecule is COCC(C)C(N)c1nc(C(C)(C)C)cs1. The highest BCUT2D eigenvalue weighted by Crippen LogP contribution is 2.28. The van der Waals surface area contributed by atoms with Gasteiger partial charge in [0.25, 0.3) is 0 Å². The molecule has 4 heteroatoms. The zero-order valence-corrected chi connectivity index (χ0v) is 11.6. The number of methoxy groups -OCH3 is 1. The smallest absolute Gasteiger partial charge is 0.110 e. The van der Waals surface area contributed by atoms with Crippen molar-refractivity contribution in [3.8, 4) is 0 Å². The van der Waals surface area contributed by atoms with E-state index in [4.69, 9.17) is 10.5 Å². The van der Waals surface area contributed by atoms with Crippen LogP contribution in [0.3, 0.4) is 0 Å². The van der Waals surface area contributed by atoms with Gasteiger partial charge in [0.1, 0.15) is 5.01 Å². The third kappa shape index (κ3) is 3.27. The summed E-state index contributed by atoms with van der Waals surface area (Å²) in [6.45, 7) is 9.25. The summed E-state index contributed by atoms with van der Waals surface area (Å²) < 4.78 is 5.12. The summed E-state index contributed by atoms with van der Waals surface area (Å²) in [4.78, 5) is 4.62. The summed E-state index contributed by atoms with van der Waals surface area (Å²) in [5, 5.41) is 3.11. The predicted molar refractivity (Wildman–Crippen MR) is 68.8 cm³/mol. The van der Waals surface area contributed by atoms with Crippen molar-refractivity contribution in [2.45, 2.75) is 39.2 Å². The third-order valence-electron chi connectivity index (χ3n) is 2.62. The Hall–Kier alpha value is -0.450. The highest BCUT2D eigenvalue weighted by molar-refractivity contribution is 7.09. The Morgan fingerprint density at radius 1 is 1.50 bits per heavy atom. The Balaban J connectivity index is 2.78. The zero-order valence-electron chi connectivity index (χ0n) is 10.8. The summed E-state index contributed by atoms with van der Waals surface area (Å²) in [5.41, 5.74) is 7.36. The van der Waals surface area contributed by atoms with Gasteiger partial charge in [-0.15, -0.1) is 11.3 Å². The van der Waals surface area contributed by atoms with Crippen LogP contribution in [-0.2, 0) is 10.2 Å². The zero-order chi connectivity index (χ0) is 12.3. The molecule has 0 aliphatic rings. The number of thiazole rings is 1. The first-order valence-corrected chi connectivity index (χ1v) is 6.44. The molecule has 0 saturated heterocycles. The molecule has 0 bridgehead atoms. The highest BCUT2D eigenvalue weighted by atomic mass is 32.1. The lowest BCUT2D eigenvalue weighted by Gasteiger charge is -2.17. The Morgan fingerprint density at radius 3 is 2.56 bits per heavy atom. The van der Waals surface area contributed by atoms with E-state index in [1.807, 2.05) is 0 Å². The molecule has 0 amide bonds. The van der Waals surface area contributed by atoms with E-state index in [9.17, 15) is 0 Å². The fourth-order valence-electron chi connectivity index (χ4n) is 1.40.